The van der Waals surface area contributed by atoms with E-state index in [-0.39, 0.29) is 23.5 Å². The Bertz CT molecular complexity index is 501. The molecule has 4 atom stereocenters. The molecule has 0 aromatic heterocycles. The Labute approximate surface area is 163 Å². The number of likely N-dealkylation sites (tertiary alicyclic amines) is 1. The van der Waals surface area contributed by atoms with Crippen molar-refractivity contribution in [2.75, 3.05) is 65.7 Å². The van der Waals surface area contributed by atoms with Crippen molar-refractivity contribution in [1.29, 1.82) is 0 Å². The van der Waals surface area contributed by atoms with Crippen LogP contribution in [0.15, 0.2) is 0 Å². The Balaban J connectivity index is 1.61. The zero-order valence-corrected chi connectivity index (χ0v) is 16.6. The molecule has 0 saturated carbocycles. The molecule has 0 aromatic carbocycles. The van der Waals surface area contributed by atoms with Gasteiger partial charge in [-0.3, -0.25) is 15.1 Å². The van der Waals surface area contributed by atoms with Gasteiger partial charge in [-0.2, -0.15) is 0 Å². The molecule has 5 heterocycles. The van der Waals surface area contributed by atoms with Gasteiger partial charge in [-0.25, -0.2) is 0 Å². The average molecular weight is 381 g/mol. The summed E-state index contributed by atoms with van der Waals surface area (Å²) in [5, 5.41) is 8.09. The third-order valence-corrected chi connectivity index (χ3v) is 7.40. The van der Waals surface area contributed by atoms with Crippen LogP contribution in [0.5, 0.6) is 0 Å². The molecular weight excluding hydrogens is 344 g/mol. The molecule has 2 N–H and O–H groups in total. The molecule has 7 heteroatoms. The minimum absolute atomic E-state index is 0.186. The number of ether oxygens (including phenoxy) is 3. The lowest BCUT2D eigenvalue weighted by Gasteiger charge is -2.68. The molecule has 5 fully saturated rings. The van der Waals surface area contributed by atoms with Crippen LogP contribution in [-0.4, -0.2) is 99.0 Å². The van der Waals surface area contributed by atoms with E-state index in [9.17, 15) is 0 Å². The Morgan fingerprint density at radius 3 is 1.96 bits per heavy atom. The molecule has 0 radical (unpaired) electrons. The third kappa shape index (κ3) is 2.89. The zero-order chi connectivity index (χ0) is 18.2. The maximum atomic E-state index is 6.53. The zero-order valence-electron chi connectivity index (χ0n) is 16.6. The predicted molar refractivity (Wildman–Crippen MR) is 103 cm³/mol. The summed E-state index contributed by atoms with van der Waals surface area (Å²) in [6, 6.07) is 0. The summed E-state index contributed by atoms with van der Waals surface area (Å²) in [5.41, 5.74) is -0.236. The molecule has 154 valence electrons. The largest absolute Gasteiger partial charge is 0.379 e. The van der Waals surface area contributed by atoms with Crippen molar-refractivity contribution in [3.05, 3.63) is 0 Å². The number of nitrogens with one attached hydrogen (secondary N) is 2. The second-order valence-electron chi connectivity index (χ2n) is 8.69. The summed E-state index contributed by atoms with van der Waals surface area (Å²) >= 11 is 0. The number of hydrogen-bond donors (Lipinski definition) is 2. The van der Waals surface area contributed by atoms with Crippen molar-refractivity contribution >= 4 is 0 Å². The Morgan fingerprint density at radius 1 is 0.667 bits per heavy atom. The molecule has 27 heavy (non-hydrogen) atoms. The van der Waals surface area contributed by atoms with E-state index in [1.165, 1.54) is 19.3 Å². The Morgan fingerprint density at radius 2 is 1.33 bits per heavy atom. The molecule has 4 unspecified atom stereocenters. The van der Waals surface area contributed by atoms with Gasteiger partial charge in [0, 0.05) is 52.5 Å². The number of hydrogen-bond acceptors (Lipinski definition) is 7. The van der Waals surface area contributed by atoms with E-state index in [0.717, 1.165) is 85.0 Å². The van der Waals surface area contributed by atoms with Gasteiger partial charge in [-0.05, 0) is 38.5 Å². The molecule has 5 rings (SSSR count). The summed E-state index contributed by atoms with van der Waals surface area (Å²) in [7, 11) is 0. The SMILES string of the molecule is C1CCC(C2(C3CCCO3)NCCNC2(N2CCC2)N2CCOCC2)OC1. The van der Waals surface area contributed by atoms with Gasteiger partial charge >= 0.3 is 0 Å². The number of morpholine rings is 1. The first kappa shape index (κ1) is 18.7. The Hall–Kier alpha value is -0.280. The minimum Gasteiger partial charge on any atom is -0.379 e. The van der Waals surface area contributed by atoms with Gasteiger partial charge in [0.1, 0.15) is 5.54 Å². The van der Waals surface area contributed by atoms with Crippen LogP contribution in [0, 0.1) is 0 Å². The molecule has 0 spiro atoms. The van der Waals surface area contributed by atoms with Crippen molar-refractivity contribution < 1.29 is 14.2 Å². The maximum Gasteiger partial charge on any atom is 0.152 e. The molecular formula is C20H36N4O3. The van der Waals surface area contributed by atoms with Crippen molar-refractivity contribution in [3.8, 4) is 0 Å². The quantitative estimate of drug-likeness (QED) is 0.730. The lowest BCUT2D eigenvalue weighted by Crippen LogP contribution is -2.93. The van der Waals surface area contributed by atoms with Crippen LogP contribution >= 0.6 is 0 Å². The van der Waals surface area contributed by atoms with Gasteiger partial charge in [-0.15, -0.1) is 0 Å². The first-order valence-corrected chi connectivity index (χ1v) is 11.2. The summed E-state index contributed by atoms with van der Waals surface area (Å²) < 4.78 is 18.7. The third-order valence-electron chi connectivity index (χ3n) is 7.40. The smallest absolute Gasteiger partial charge is 0.152 e. The normalized spacial score (nSPS) is 44.9. The fourth-order valence-electron chi connectivity index (χ4n) is 6.17. The van der Waals surface area contributed by atoms with Gasteiger partial charge in [-0.1, -0.05) is 0 Å². The minimum atomic E-state index is -0.246. The van der Waals surface area contributed by atoms with E-state index >= 15 is 0 Å². The highest BCUT2D eigenvalue weighted by Gasteiger charge is 2.68. The van der Waals surface area contributed by atoms with Gasteiger partial charge in [0.15, 0.2) is 5.79 Å². The number of nitrogens with zero attached hydrogens (tertiary/aromatic N) is 2. The van der Waals surface area contributed by atoms with E-state index in [2.05, 4.69) is 20.4 Å². The van der Waals surface area contributed by atoms with Gasteiger partial charge < -0.3 is 19.5 Å². The van der Waals surface area contributed by atoms with Crippen LogP contribution in [0.2, 0.25) is 0 Å². The van der Waals surface area contributed by atoms with E-state index in [1.807, 2.05) is 0 Å². The molecule has 0 aliphatic carbocycles. The van der Waals surface area contributed by atoms with Crippen LogP contribution < -0.4 is 10.6 Å². The molecule has 7 nitrogen and oxygen atoms in total. The lowest BCUT2D eigenvalue weighted by atomic mass is 9.71. The van der Waals surface area contributed by atoms with Crippen molar-refractivity contribution in [2.24, 2.45) is 0 Å². The lowest BCUT2D eigenvalue weighted by molar-refractivity contribution is -0.256. The fourth-order valence-corrected chi connectivity index (χ4v) is 6.17. The highest BCUT2D eigenvalue weighted by atomic mass is 16.5. The Kier molecular flexibility index (Phi) is 5.45. The summed E-state index contributed by atoms with van der Waals surface area (Å²) in [4.78, 5) is 5.32. The van der Waals surface area contributed by atoms with E-state index in [4.69, 9.17) is 14.2 Å². The van der Waals surface area contributed by atoms with Crippen molar-refractivity contribution in [2.45, 2.75) is 62.1 Å². The van der Waals surface area contributed by atoms with Gasteiger partial charge in [0.2, 0.25) is 0 Å². The first-order chi connectivity index (χ1) is 13.4. The number of rotatable bonds is 4. The predicted octanol–water partition coefficient (Wildman–Crippen LogP) is 0.358. The molecule has 0 aromatic rings. The highest BCUT2D eigenvalue weighted by Crippen LogP contribution is 2.46. The summed E-state index contributed by atoms with van der Waals surface area (Å²) in [6.45, 7) is 9.54. The molecule has 5 aliphatic heterocycles. The average Bonchev–Trinajstić information content (AvgIpc) is 3.23. The second-order valence-corrected chi connectivity index (χ2v) is 8.69. The molecule has 5 saturated heterocycles. The monoisotopic (exact) mass is 380 g/mol. The highest BCUT2D eigenvalue weighted by molar-refractivity contribution is 5.21. The maximum absolute atomic E-state index is 6.53. The van der Waals surface area contributed by atoms with Crippen molar-refractivity contribution in [1.82, 2.24) is 20.4 Å². The van der Waals surface area contributed by atoms with E-state index < -0.39 is 0 Å². The van der Waals surface area contributed by atoms with Gasteiger partial charge in [0.25, 0.3) is 0 Å². The number of piperazine rings is 1. The fraction of sp³-hybridized carbons (Fsp3) is 1.00. The van der Waals surface area contributed by atoms with Crippen LogP contribution in [0.3, 0.4) is 0 Å². The molecule has 5 aliphatic rings. The summed E-state index contributed by atoms with van der Waals surface area (Å²) in [5.74, 6) is -0.246. The van der Waals surface area contributed by atoms with E-state index in [1.54, 1.807) is 0 Å². The van der Waals surface area contributed by atoms with Crippen LogP contribution in [-0.2, 0) is 14.2 Å². The molecule has 0 amide bonds. The van der Waals surface area contributed by atoms with Crippen molar-refractivity contribution in [3.63, 3.8) is 0 Å². The van der Waals surface area contributed by atoms with Gasteiger partial charge in [0.05, 0.1) is 25.4 Å². The standard InChI is InChI=1S/C20H36N4O3/c1-2-13-26-17(5-1)19(18-6-3-14-27-18)20(22-8-7-21-19,23-9-4-10-23)24-11-15-25-16-12-24/h17-18,21-22H,1-16H2. The second kappa shape index (κ2) is 7.86. The van der Waals surface area contributed by atoms with Crippen LogP contribution in [0.4, 0.5) is 0 Å². The molecule has 0 bridgehead atoms. The van der Waals surface area contributed by atoms with Crippen LogP contribution in [0.25, 0.3) is 0 Å². The topological polar surface area (TPSA) is 58.2 Å². The summed E-state index contributed by atoms with van der Waals surface area (Å²) in [6.07, 6.45) is 7.48. The van der Waals surface area contributed by atoms with E-state index in [0.29, 0.717) is 0 Å². The van der Waals surface area contributed by atoms with Crippen LogP contribution in [0.1, 0.15) is 38.5 Å². The first-order valence-electron chi connectivity index (χ1n) is 11.2.